The van der Waals surface area contributed by atoms with Gasteiger partial charge in [-0.25, -0.2) is 4.79 Å². The normalized spacial score (nSPS) is 11.7. The van der Waals surface area contributed by atoms with Crippen molar-refractivity contribution in [3.63, 3.8) is 0 Å². The third kappa shape index (κ3) is 4.38. The number of hydrogen-bond acceptors (Lipinski definition) is 6. The highest BCUT2D eigenvalue weighted by molar-refractivity contribution is 6.32. The summed E-state index contributed by atoms with van der Waals surface area (Å²) in [4.78, 5) is 21.1. The van der Waals surface area contributed by atoms with Crippen LogP contribution in [0.1, 0.15) is 6.92 Å². The molecule has 0 bridgehead atoms. The molecule has 0 aliphatic rings. The van der Waals surface area contributed by atoms with E-state index in [9.17, 15) is 20.0 Å². The molecule has 0 saturated carbocycles. The van der Waals surface area contributed by atoms with Gasteiger partial charge in [0.15, 0.2) is 6.10 Å². The molecule has 1 rings (SSSR count). The molecule has 0 fully saturated rings. The van der Waals surface area contributed by atoms with Crippen LogP contribution in [0, 0.1) is 10.1 Å². The highest BCUT2D eigenvalue weighted by atomic mass is 35.5. The number of hydrogen-bond donors (Lipinski definition) is 2. The number of nitrogens with one attached hydrogen (secondary N) is 1. The lowest BCUT2D eigenvalue weighted by Crippen LogP contribution is -2.30. The van der Waals surface area contributed by atoms with E-state index in [-0.39, 0.29) is 23.9 Å². The Labute approximate surface area is 114 Å². The smallest absolute Gasteiger partial charge is 0.336 e. The number of halogens is 1. The van der Waals surface area contributed by atoms with Crippen LogP contribution < -0.4 is 5.32 Å². The Morgan fingerprint density at radius 3 is 2.84 bits per heavy atom. The number of benzene rings is 1. The molecule has 0 aromatic heterocycles. The van der Waals surface area contributed by atoms with Gasteiger partial charge in [-0.2, -0.15) is 0 Å². The van der Waals surface area contributed by atoms with Gasteiger partial charge in [0.25, 0.3) is 5.69 Å². The zero-order valence-electron chi connectivity index (χ0n) is 10.1. The minimum Gasteiger partial charge on any atom is -0.464 e. The standard InChI is InChI=1S/C11H13ClN2O5/c1-2-19-11(16)10(15)6-13-7-3-4-9(14(17)18)8(12)5-7/h3-5,10,13,15H,2,6H2,1H3. The van der Waals surface area contributed by atoms with E-state index < -0.39 is 17.0 Å². The number of aliphatic hydroxyl groups excluding tert-OH is 1. The second-order valence-corrected chi connectivity index (χ2v) is 3.98. The van der Waals surface area contributed by atoms with Crippen LogP contribution in [-0.2, 0) is 9.53 Å². The minimum absolute atomic E-state index is 0.0272. The maximum absolute atomic E-state index is 11.1. The summed E-state index contributed by atoms with van der Waals surface area (Å²) in [6.07, 6.45) is -1.31. The van der Waals surface area contributed by atoms with Crippen LogP contribution in [-0.4, -0.2) is 35.3 Å². The van der Waals surface area contributed by atoms with Crippen molar-refractivity contribution in [2.75, 3.05) is 18.5 Å². The topological polar surface area (TPSA) is 102 Å². The lowest BCUT2D eigenvalue weighted by atomic mass is 10.2. The van der Waals surface area contributed by atoms with Crippen molar-refractivity contribution in [3.8, 4) is 0 Å². The first-order valence-corrected chi connectivity index (χ1v) is 5.86. The van der Waals surface area contributed by atoms with Crippen LogP contribution >= 0.6 is 11.6 Å². The molecule has 7 nitrogen and oxygen atoms in total. The molecule has 1 unspecified atom stereocenters. The van der Waals surface area contributed by atoms with Crippen molar-refractivity contribution >= 4 is 28.9 Å². The Morgan fingerprint density at radius 2 is 2.32 bits per heavy atom. The Hall–Kier alpha value is -1.86. The van der Waals surface area contributed by atoms with Gasteiger partial charge in [0.2, 0.25) is 0 Å². The predicted molar refractivity (Wildman–Crippen MR) is 69.2 cm³/mol. The van der Waals surface area contributed by atoms with Crippen LogP contribution in [0.3, 0.4) is 0 Å². The van der Waals surface area contributed by atoms with Gasteiger partial charge in [0.05, 0.1) is 18.1 Å². The van der Waals surface area contributed by atoms with Crippen LogP contribution in [0.5, 0.6) is 0 Å². The number of nitro benzene ring substituents is 1. The Bertz CT molecular complexity index is 480. The highest BCUT2D eigenvalue weighted by Crippen LogP contribution is 2.27. The Kier molecular flexibility index (Phi) is 5.53. The van der Waals surface area contributed by atoms with E-state index in [1.165, 1.54) is 18.2 Å². The van der Waals surface area contributed by atoms with Crippen LogP contribution in [0.2, 0.25) is 5.02 Å². The molecule has 0 aliphatic heterocycles. The first-order chi connectivity index (χ1) is 8.95. The van der Waals surface area contributed by atoms with E-state index in [0.717, 1.165) is 0 Å². The van der Waals surface area contributed by atoms with E-state index in [1.807, 2.05) is 0 Å². The fourth-order valence-corrected chi connectivity index (χ4v) is 1.55. The van der Waals surface area contributed by atoms with Gasteiger partial charge in [0.1, 0.15) is 5.02 Å². The number of nitro groups is 1. The lowest BCUT2D eigenvalue weighted by Gasteiger charge is -2.11. The molecule has 1 atom stereocenters. The molecule has 104 valence electrons. The molecular formula is C11H13ClN2O5. The maximum atomic E-state index is 11.1. The summed E-state index contributed by atoms with van der Waals surface area (Å²) in [7, 11) is 0. The molecule has 0 amide bonds. The molecular weight excluding hydrogens is 276 g/mol. The monoisotopic (exact) mass is 288 g/mol. The van der Waals surface area contributed by atoms with E-state index >= 15 is 0 Å². The second-order valence-electron chi connectivity index (χ2n) is 3.57. The number of aliphatic hydroxyl groups is 1. The van der Waals surface area contributed by atoms with Gasteiger partial charge in [-0.05, 0) is 19.1 Å². The SMILES string of the molecule is CCOC(=O)C(O)CNc1ccc([N+](=O)[O-])c(Cl)c1. The molecule has 8 heteroatoms. The van der Waals surface area contributed by atoms with Crippen molar-refractivity contribution < 1.29 is 19.6 Å². The average Bonchev–Trinajstić information content (AvgIpc) is 2.35. The van der Waals surface area contributed by atoms with Crippen molar-refractivity contribution in [2.45, 2.75) is 13.0 Å². The zero-order chi connectivity index (χ0) is 14.4. The van der Waals surface area contributed by atoms with Crippen LogP contribution in [0.25, 0.3) is 0 Å². The number of esters is 1. The second kappa shape index (κ2) is 6.91. The van der Waals surface area contributed by atoms with Gasteiger partial charge < -0.3 is 15.2 Å². The Balaban J connectivity index is 2.61. The minimum atomic E-state index is -1.31. The summed E-state index contributed by atoms with van der Waals surface area (Å²) in [5.41, 5.74) is 0.247. The summed E-state index contributed by atoms with van der Waals surface area (Å²) < 4.78 is 4.62. The number of carbonyl (C=O) groups excluding carboxylic acids is 1. The molecule has 0 heterocycles. The third-order valence-electron chi connectivity index (χ3n) is 2.20. The Morgan fingerprint density at radius 1 is 1.63 bits per heavy atom. The number of ether oxygens (including phenoxy) is 1. The van der Waals surface area contributed by atoms with Gasteiger partial charge in [-0.1, -0.05) is 11.6 Å². The molecule has 0 spiro atoms. The van der Waals surface area contributed by atoms with Crippen molar-refractivity contribution in [1.29, 1.82) is 0 Å². The first-order valence-electron chi connectivity index (χ1n) is 5.48. The molecule has 2 N–H and O–H groups in total. The van der Waals surface area contributed by atoms with Gasteiger partial charge >= 0.3 is 5.97 Å². The highest BCUT2D eigenvalue weighted by Gasteiger charge is 2.16. The largest absolute Gasteiger partial charge is 0.464 e. The van der Waals surface area contributed by atoms with Crippen LogP contribution in [0.15, 0.2) is 18.2 Å². The summed E-state index contributed by atoms with van der Waals surface area (Å²) in [5, 5.41) is 22.7. The molecule has 0 aliphatic carbocycles. The zero-order valence-corrected chi connectivity index (χ0v) is 10.9. The number of carbonyl (C=O) groups is 1. The maximum Gasteiger partial charge on any atom is 0.336 e. The fourth-order valence-electron chi connectivity index (χ4n) is 1.30. The summed E-state index contributed by atoms with van der Waals surface area (Å²) in [6.45, 7) is 1.74. The molecule has 0 radical (unpaired) electrons. The summed E-state index contributed by atoms with van der Waals surface area (Å²) in [6, 6.07) is 4.01. The fraction of sp³-hybridized carbons (Fsp3) is 0.364. The quantitative estimate of drug-likeness (QED) is 0.468. The average molecular weight is 289 g/mol. The molecule has 1 aromatic carbocycles. The number of nitrogens with zero attached hydrogens (tertiary/aromatic N) is 1. The summed E-state index contributed by atoms with van der Waals surface area (Å²) >= 11 is 5.72. The summed E-state index contributed by atoms with van der Waals surface area (Å²) in [5.74, 6) is -0.733. The van der Waals surface area contributed by atoms with Gasteiger partial charge in [0, 0.05) is 11.8 Å². The number of anilines is 1. The number of rotatable bonds is 6. The van der Waals surface area contributed by atoms with E-state index in [1.54, 1.807) is 6.92 Å². The van der Waals surface area contributed by atoms with Gasteiger partial charge in [-0.3, -0.25) is 10.1 Å². The van der Waals surface area contributed by atoms with Crippen molar-refractivity contribution in [3.05, 3.63) is 33.3 Å². The first kappa shape index (κ1) is 15.2. The van der Waals surface area contributed by atoms with E-state index in [0.29, 0.717) is 5.69 Å². The van der Waals surface area contributed by atoms with Crippen LogP contribution in [0.4, 0.5) is 11.4 Å². The van der Waals surface area contributed by atoms with Crippen molar-refractivity contribution in [2.24, 2.45) is 0 Å². The molecule has 19 heavy (non-hydrogen) atoms. The molecule has 0 saturated heterocycles. The van der Waals surface area contributed by atoms with Gasteiger partial charge in [-0.15, -0.1) is 0 Å². The lowest BCUT2D eigenvalue weighted by molar-refractivity contribution is -0.384. The van der Waals surface area contributed by atoms with Crippen molar-refractivity contribution in [1.82, 2.24) is 0 Å². The van der Waals surface area contributed by atoms with E-state index in [4.69, 9.17) is 11.6 Å². The third-order valence-corrected chi connectivity index (χ3v) is 2.51. The molecule has 1 aromatic rings. The van der Waals surface area contributed by atoms with E-state index in [2.05, 4.69) is 10.1 Å². The predicted octanol–water partition coefficient (Wildman–Crippen LogP) is 1.58.